The largest absolute Gasteiger partial charge is 0.449 e. The Morgan fingerprint density at radius 2 is 1.23 bits per heavy atom. The average Bonchev–Trinajstić information content (AvgIpc) is 2.61. The summed E-state index contributed by atoms with van der Waals surface area (Å²) in [5.74, 6) is 0.500. The Balaban J connectivity index is 5.12. The van der Waals surface area contributed by atoms with Gasteiger partial charge in [-0.15, -0.1) is 0 Å². The van der Waals surface area contributed by atoms with E-state index in [0.717, 1.165) is 6.42 Å². The fraction of sp³-hybridized carbons (Fsp3) is 0.964. The molecule has 0 saturated carbocycles. The molecule has 3 heteroatoms. The van der Waals surface area contributed by atoms with Crippen LogP contribution in [0.4, 0.5) is 4.79 Å². The zero-order chi connectivity index (χ0) is 24.1. The number of carbonyl (C=O) groups excluding carboxylic acids is 1. The Kier molecular flexibility index (Phi) is 14.1. The lowest BCUT2D eigenvalue weighted by molar-refractivity contribution is 0.0201. The molecule has 0 aromatic carbocycles. The summed E-state index contributed by atoms with van der Waals surface area (Å²) >= 11 is 0. The fourth-order valence-electron chi connectivity index (χ4n) is 4.69. The first-order valence-corrected chi connectivity index (χ1v) is 13.2. The summed E-state index contributed by atoms with van der Waals surface area (Å²) in [5.41, 5.74) is -0.0464. The molecule has 0 bridgehead atoms. The fourth-order valence-corrected chi connectivity index (χ4v) is 4.69. The Morgan fingerprint density at radius 3 is 1.61 bits per heavy atom. The van der Waals surface area contributed by atoms with Crippen molar-refractivity contribution in [1.29, 1.82) is 0 Å². The van der Waals surface area contributed by atoms with E-state index in [1.54, 1.807) is 0 Å². The van der Waals surface area contributed by atoms with E-state index in [0.29, 0.717) is 19.1 Å². The molecule has 0 unspecified atom stereocenters. The van der Waals surface area contributed by atoms with Crippen LogP contribution in [0.2, 0.25) is 0 Å². The van der Waals surface area contributed by atoms with Gasteiger partial charge >= 0.3 is 6.09 Å². The van der Waals surface area contributed by atoms with Gasteiger partial charge in [-0.25, -0.2) is 4.79 Å². The van der Waals surface area contributed by atoms with Gasteiger partial charge in [0, 0.05) is 12.1 Å². The predicted molar refractivity (Wildman–Crippen MR) is 137 cm³/mol. The number of ether oxygens (including phenoxy) is 1. The molecule has 0 radical (unpaired) electrons. The standard InChI is InChI=1S/C28H57NO2/c1-11-13-15-17-19-24(20-18-16-14-12-2)21-31-25(30)29(23-27(6,7)8)28(9,10)22-26(3,4)5/h24H,11-23H2,1-10H3. The Bertz CT molecular complexity index is 458. The van der Waals surface area contributed by atoms with E-state index in [1.807, 2.05) is 4.90 Å². The van der Waals surface area contributed by atoms with Gasteiger partial charge in [0.05, 0.1) is 6.61 Å². The van der Waals surface area contributed by atoms with Gasteiger partial charge in [0.2, 0.25) is 0 Å². The van der Waals surface area contributed by atoms with Crippen molar-refractivity contribution >= 4 is 6.09 Å². The third kappa shape index (κ3) is 15.7. The number of amides is 1. The zero-order valence-electron chi connectivity index (χ0n) is 23.0. The van der Waals surface area contributed by atoms with Crippen molar-refractivity contribution in [3.8, 4) is 0 Å². The summed E-state index contributed by atoms with van der Waals surface area (Å²) in [7, 11) is 0. The van der Waals surface area contributed by atoms with Crippen LogP contribution in [0.3, 0.4) is 0 Å². The van der Waals surface area contributed by atoms with Gasteiger partial charge in [-0.05, 0) is 49.9 Å². The highest BCUT2D eigenvalue weighted by molar-refractivity contribution is 5.68. The van der Waals surface area contributed by atoms with Crippen molar-refractivity contribution in [3.63, 3.8) is 0 Å². The van der Waals surface area contributed by atoms with Crippen molar-refractivity contribution in [2.75, 3.05) is 13.2 Å². The molecular formula is C28H57NO2. The second-order valence-corrected chi connectivity index (χ2v) is 12.8. The summed E-state index contributed by atoms with van der Waals surface area (Å²) in [6.07, 6.45) is 13.4. The van der Waals surface area contributed by atoms with Crippen molar-refractivity contribution < 1.29 is 9.53 Å². The molecule has 0 aliphatic heterocycles. The SMILES string of the molecule is CCCCCCC(CCCCCC)COC(=O)N(CC(C)(C)C)C(C)(C)CC(C)(C)C. The highest BCUT2D eigenvalue weighted by atomic mass is 16.6. The molecule has 1 amide bonds. The van der Waals surface area contributed by atoms with Gasteiger partial charge in [0.25, 0.3) is 0 Å². The van der Waals surface area contributed by atoms with Crippen LogP contribution >= 0.6 is 0 Å². The van der Waals surface area contributed by atoms with Crippen molar-refractivity contribution in [2.24, 2.45) is 16.7 Å². The molecule has 0 spiro atoms. The molecule has 0 aliphatic rings. The zero-order valence-corrected chi connectivity index (χ0v) is 23.0. The number of nitrogens with zero attached hydrogens (tertiary/aromatic N) is 1. The molecule has 0 heterocycles. The molecule has 0 saturated heterocycles. The first kappa shape index (κ1) is 30.3. The minimum Gasteiger partial charge on any atom is -0.449 e. The van der Waals surface area contributed by atoms with Crippen LogP contribution in [-0.2, 0) is 4.74 Å². The maximum Gasteiger partial charge on any atom is 0.410 e. The second kappa shape index (κ2) is 14.4. The summed E-state index contributed by atoms with van der Waals surface area (Å²) in [5, 5.41) is 0. The molecule has 31 heavy (non-hydrogen) atoms. The molecule has 0 N–H and O–H groups in total. The molecule has 3 nitrogen and oxygen atoms in total. The third-order valence-electron chi connectivity index (χ3n) is 5.92. The van der Waals surface area contributed by atoms with Crippen LogP contribution in [0.15, 0.2) is 0 Å². The maximum atomic E-state index is 13.3. The van der Waals surface area contributed by atoms with Gasteiger partial charge in [-0.1, -0.05) is 107 Å². The highest BCUT2D eigenvalue weighted by Gasteiger charge is 2.37. The van der Waals surface area contributed by atoms with E-state index in [4.69, 9.17) is 4.74 Å². The number of hydrogen-bond acceptors (Lipinski definition) is 2. The Labute approximate surface area is 196 Å². The average molecular weight is 440 g/mol. The molecule has 0 fully saturated rings. The first-order valence-electron chi connectivity index (χ1n) is 13.2. The number of rotatable bonds is 15. The molecule has 0 aromatic heterocycles. The maximum absolute atomic E-state index is 13.3. The number of carbonyl (C=O) groups is 1. The quantitative estimate of drug-likeness (QED) is 0.238. The monoisotopic (exact) mass is 439 g/mol. The van der Waals surface area contributed by atoms with Gasteiger partial charge in [-0.2, -0.15) is 0 Å². The van der Waals surface area contributed by atoms with Crippen LogP contribution < -0.4 is 0 Å². The van der Waals surface area contributed by atoms with Gasteiger partial charge in [0.1, 0.15) is 0 Å². The van der Waals surface area contributed by atoms with Crippen LogP contribution in [0.1, 0.15) is 140 Å². The number of hydrogen-bond donors (Lipinski definition) is 0. The molecule has 0 atom stereocenters. The van der Waals surface area contributed by atoms with Crippen LogP contribution in [-0.4, -0.2) is 29.7 Å². The minimum atomic E-state index is -0.236. The minimum absolute atomic E-state index is 0.0356. The van der Waals surface area contributed by atoms with Crippen LogP contribution in [0.25, 0.3) is 0 Å². The predicted octanol–water partition coefficient (Wildman–Crippen LogP) is 9.24. The van der Waals surface area contributed by atoms with Crippen LogP contribution in [0.5, 0.6) is 0 Å². The van der Waals surface area contributed by atoms with Crippen LogP contribution in [0, 0.1) is 16.7 Å². The van der Waals surface area contributed by atoms with Crippen molar-refractivity contribution in [1.82, 2.24) is 4.90 Å². The summed E-state index contributed by atoms with van der Waals surface area (Å²) in [6, 6.07) is 0. The van der Waals surface area contributed by atoms with Gasteiger partial charge in [0.15, 0.2) is 0 Å². The van der Waals surface area contributed by atoms with E-state index < -0.39 is 0 Å². The smallest absolute Gasteiger partial charge is 0.410 e. The van der Waals surface area contributed by atoms with Gasteiger partial charge in [-0.3, -0.25) is 0 Å². The lowest BCUT2D eigenvalue weighted by Gasteiger charge is -2.44. The lowest BCUT2D eigenvalue weighted by Crippen LogP contribution is -2.53. The number of unbranched alkanes of at least 4 members (excludes halogenated alkanes) is 6. The van der Waals surface area contributed by atoms with Gasteiger partial charge < -0.3 is 9.64 Å². The summed E-state index contributed by atoms with van der Waals surface area (Å²) in [6.45, 7) is 23.5. The molecule has 186 valence electrons. The third-order valence-corrected chi connectivity index (χ3v) is 5.92. The molecule has 0 aliphatic carbocycles. The second-order valence-electron chi connectivity index (χ2n) is 12.8. The van der Waals surface area contributed by atoms with E-state index in [-0.39, 0.29) is 22.5 Å². The van der Waals surface area contributed by atoms with E-state index >= 15 is 0 Å². The molecule has 0 aromatic rings. The van der Waals surface area contributed by atoms with Crippen molar-refractivity contribution in [3.05, 3.63) is 0 Å². The Morgan fingerprint density at radius 1 is 0.742 bits per heavy atom. The Hall–Kier alpha value is -0.730. The van der Waals surface area contributed by atoms with E-state index in [1.165, 1.54) is 64.2 Å². The van der Waals surface area contributed by atoms with E-state index in [9.17, 15) is 4.79 Å². The summed E-state index contributed by atoms with van der Waals surface area (Å²) in [4.78, 5) is 15.3. The molecule has 0 rings (SSSR count). The molecular weight excluding hydrogens is 382 g/mol. The normalized spacial score (nSPS) is 13.0. The lowest BCUT2D eigenvalue weighted by atomic mass is 9.80. The summed E-state index contributed by atoms with van der Waals surface area (Å²) < 4.78 is 6.01. The first-order chi connectivity index (χ1) is 14.2. The van der Waals surface area contributed by atoms with E-state index in [2.05, 4.69) is 69.2 Å². The van der Waals surface area contributed by atoms with Crippen molar-refractivity contribution in [2.45, 2.75) is 145 Å². The highest BCUT2D eigenvalue weighted by Crippen LogP contribution is 2.34. The topological polar surface area (TPSA) is 29.5 Å².